The van der Waals surface area contributed by atoms with Gasteiger partial charge in [0.05, 0.1) is 5.92 Å². The maximum Gasteiger partial charge on any atom is 0.221 e. The molecule has 0 saturated carbocycles. The first kappa shape index (κ1) is 17.1. The number of nitrogens with two attached hydrogens (primary N) is 1. The number of carbonyl (C=O) groups is 1. The van der Waals surface area contributed by atoms with Crippen molar-refractivity contribution in [3.8, 4) is 0 Å². The van der Waals surface area contributed by atoms with Crippen LogP contribution in [-0.2, 0) is 10.2 Å². The molecule has 1 aromatic heterocycles. The maximum atomic E-state index is 11.3. The van der Waals surface area contributed by atoms with E-state index < -0.39 is 0 Å². The Morgan fingerprint density at radius 1 is 1.50 bits per heavy atom. The summed E-state index contributed by atoms with van der Waals surface area (Å²) >= 11 is 1.42. The van der Waals surface area contributed by atoms with Gasteiger partial charge in [0.25, 0.3) is 0 Å². The van der Waals surface area contributed by atoms with E-state index in [2.05, 4.69) is 40.3 Å². The van der Waals surface area contributed by atoms with Crippen molar-refractivity contribution in [2.75, 3.05) is 31.5 Å². The summed E-state index contributed by atoms with van der Waals surface area (Å²) < 4.78 is 4.39. The van der Waals surface area contributed by atoms with E-state index in [4.69, 9.17) is 5.73 Å². The van der Waals surface area contributed by atoms with Crippen molar-refractivity contribution in [1.29, 1.82) is 0 Å². The van der Waals surface area contributed by atoms with Crippen molar-refractivity contribution < 1.29 is 4.79 Å². The lowest BCUT2D eigenvalue weighted by molar-refractivity contribution is -0.123. The molecule has 7 heteroatoms. The molecule has 0 spiro atoms. The summed E-state index contributed by atoms with van der Waals surface area (Å²) in [6.07, 6.45) is 3.02. The number of nitrogens with zero attached hydrogens (tertiary/aromatic N) is 3. The summed E-state index contributed by atoms with van der Waals surface area (Å²) in [5, 5.41) is 4.22. The highest BCUT2D eigenvalue weighted by molar-refractivity contribution is 7.09. The molecule has 0 aromatic carbocycles. The Morgan fingerprint density at radius 2 is 2.27 bits per heavy atom. The quantitative estimate of drug-likeness (QED) is 0.780. The largest absolute Gasteiger partial charge is 0.369 e. The molecule has 22 heavy (non-hydrogen) atoms. The van der Waals surface area contributed by atoms with Gasteiger partial charge in [-0.2, -0.15) is 4.37 Å². The van der Waals surface area contributed by atoms with Crippen LogP contribution in [0.4, 0.5) is 5.13 Å². The van der Waals surface area contributed by atoms with Crippen molar-refractivity contribution in [2.45, 2.75) is 45.4 Å². The van der Waals surface area contributed by atoms with E-state index in [1.807, 2.05) is 0 Å². The van der Waals surface area contributed by atoms with Crippen molar-refractivity contribution in [1.82, 2.24) is 14.3 Å². The third-order valence-corrected chi connectivity index (χ3v) is 4.60. The van der Waals surface area contributed by atoms with Crippen molar-refractivity contribution in [3.63, 3.8) is 0 Å². The number of nitrogens with one attached hydrogen (secondary N) is 1. The van der Waals surface area contributed by atoms with Gasteiger partial charge in [-0.3, -0.25) is 4.79 Å². The SMILES string of the molecule is CC(C)(C)c1nsc(NCCCN2CCCC(C(N)=O)C2)n1. The molecule has 6 nitrogen and oxygen atoms in total. The molecular weight excluding hydrogens is 298 g/mol. The van der Waals surface area contributed by atoms with E-state index in [1.165, 1.54) is 11.5 Å². The molecule has 1 saturated heterocycles. The molecule has 1 unspecified atom stereocenters. The lowest BCUT2D eigenvalue weighted by Gasteiger charge is -2.31. The van der Waals surface area contributed by atoms with Gasteiger partial charge in [-0.1, -0.05) is 20.8 Å². The zero-order valence-electron chi connectivity index (χ0n) is 13.8. The topological polar surface area (TPSA) is 84.1 Å². The van der Waals surface area contributed by atoms with Crippen LogP contribution in [0.3, 0.4) is 0 Å². The van der Waals surface area contributed by atoms with Crippen LogP contribution in [0, 0.1) is 5.92 Å². The average molecular weight is 325 g/mol. The highest BCUT2D eigenvalue weighted by atomic mass is 32.1. The van der Waals surface area contributed by atoms with Gasteiger partial charge in [0, 0.05) is 30.0 Å². The van der Waals surface area contributed by atoms with Crippen LogP contribution >= 0.6 is 11.5 Å². The lowest BCUT2D eigenvalue weighted by Crippen LogP contribution is -2.41. The molecule has 1 amide bonds. The minimum absolute atomic E-state index is 0.00595. The second kappa shape index (κ2) is 7.37. The molecule has 1 aliphatic rings. The fourth-order valence-corrected chi connectivity index (χ4v) is 3.37. The third-order valence-electron chi connectivity index (χ3n) is 3.93. The molecule has 1 aliphatic heterocycles. The monoisotopic (exact) mass is 325 g/mol. The van der Waals surface area contributed by atoms with Gasteiger partial charge >= 0.3 is 0 Å². The summed E-state index contributed by atoms with van der Waals surface area (Å²) in [5.74, 6) is 0.756. The van der Waals surface area contributed by atoms with Gasteiger partial charge in [-0.25, -0.2) is 4.98 Å². The standard InChI is InChI=1S/C15H27N5OS/c1-15(2,3)13-18-14(22-19-13)17-7-5-9-20-8-4-6-11(10-20)12(16)21/h11H,4-10H2,1-3H3,(H2,16,21)(H,17,18,19). The molecule has 0 radical (unpaired) electrons. The predicted octanol–water partition coefficient (Wildman–Crippen LogP) is 1.83. The zero-order valence-corrected chi connectivity index (χ0v) is 14.6. The summed E-state index contributed by atoms with van der Waals surface area (Å²) in [7, 11) is 0. The van der Waals surface area contributed by atoms with Crippen LogP contribution in [0.5, 0.6) is 0 Å². The minimum Gasteiger partial charge on any atom is -0.369 e. The molecule has 3 N–H and O–H groups in total. The first-order valence-electron chi connectivity index (χ1n) is 7.96. The van der Waals surface area contributed by atoms with Gasteiger partial charge in [-0.05, 0) is 32.4 Å². The Kier molecular flexibility index (Phi) is 5.74. The van der Waals surface area contributed by atoms with Gasteiger partial charge in [0.1, 0.15) is 5.82 Å². The van der Waals surface area contributed by atoms with Gasteiger partial charge in [0.2, 0.25) is 11.0 Å². The Bertz CT molecular complexity index is 496. The number of carbonyl (C=O) groups excluding carboxylic acids is 1. The second-order valence-corrected chi connectivity index (χ2v) is 7.75. The van der Waals surface area contributed by atoms with Gasteiger partial charge in [0.15, 0.2) is 0 Å². The second-order valence-electron chi connectivity index (χ2n) is 7.00. The Morgan fingerprint density at radius 3 is 2.91 bits per heavy atom. The molecular formula is C15H27N5OS. The number of primary amides is 1. The van der Waals surface area contributed by atoms with Crippen LogP contribution in [0.25, 0.3) is 0 Å². The third kappa shape index (κ3) is 4.91. The van der Waals surface area contributed by atoms with Crippen LogP contribution in [0.1, 0.15) is 45.9 Å². The van der Waals surface area contributed by atoms with E-state index in [1.54, 1.807) is 0 Å². The number of rotatable bonds is 6. The van der Waals surface area contributed by atoms with Gasteiger partial charge in [-0.15, -0.1) is 0 Å². The van der Waals surface area contributed by atoms with Crippen LogP contribution in [0.2, 0.25) is 0 Å². The highest BCUT2D eigenvalue weighted by Crippen LogP contribution is 2.23. The normalized spacial score (nSPS) is 20.0. The predicted molar refractivity (Wildman–Crippen MR) is 90.1 cm³/mol. The molecule has 0 aliphatic carbocycles. The molecule has 0 bridgehead atoms. The molecule has 1 atom stereocenters. The molecule has 2 rings (SSSR count). The van der Waals surface area contributed by atoms with Crippen LogP contribution in [0.15, 0.2) is 0 Å². The molecule has 124 valence electrons. The Balaban J connectivity index is 1.69. The summed E-state index contributed by atoms with van der Waals surface area (Å²) in [6.45, 7) is 10.1. The highest BCUT2D eigenvalue weighted by Gasteiger charge is 2.23. The molecule has 1 fully saturated rings. The summed E-state index contributed by atoms with van der Waals surface area (Å²) in [5.41, 5.74) is 5.40. The number of likely N-dealkylation sites (tertiary alicyclic amines) is 1. The van der Waals surface area contributed by atoms with E-state index in [0.717, 1.165) is 56.4 Å². The van der Waals surface area contributed by atoms with E-state index in [-0.39, 0.29) is 17.2 Å². The smallest absolute Gasteiger partial charge is 0.221 e. The van der Waals surface area contributed by atoms with Crippen LogP contribution in [-0.4, -0.2) is 46.3 Å². The molecule has 2 heterocycles. The Hall–Kier alpha value is -1.21. The van der Waals surface area contributed by atoms with Crippen molar-refractivity contribution in [2.24, 2.45) is 11.7 Å². The fraction of sp³-hybridized carbons (Fsp3) is 0.800. The van der Waals surface area contributed by atoms with E-state index in [0.29, 0.717) is 0 Å². The first-order chi connectivity index (χ1) is 10.4. The first-order valence-corrected chi connectivity index (χ1v) is 8.73. The fourth-order valence-electron chi connectivity index (χ4n) is 2.59. The number of hydrogen-bond acceptors (Lipinski definition) is 6. The van der Waals surface area contributed by atoms with Gasteiger partial charge < -0.3 is 16.0 Å². The van der Waals surface area contributed by atoms with E-state index in [9.17, 15) is 4.79 Å². The van der Waals surface area contributed by atoms with Crippen molar-refractivity contribution in [3.05, 3.63) is 5.82 Å². The Labute approximate surface area is 136 Å². The number of aromatic nitrogens is 2. The number of piperidine rings is 1. The average Bonchev–Trinajstić information content (AvgIpc) is 2.93. The number of amides is 1. The lowest BCUT2D eigenvalue weighted by atomic mass is 9.96. The number of anilines is 1. The molecule has 1 aromatic rings. The maximum absolute atomic E-state index is 11.3. The zero-order chi connectivity index (χ0) is 16.2. The summed E-state index contributed by atoms with van der Waals surface area (Å²) in [6, 6.07) is 0. The summed E-state index contributed by atoms with van der Waals surface area (Å²) in [4.78, 5) is 18.1. The van der Waals surface area contributed by atoms with Crippen molar-refractivity contribution >= 4 is 22.6 Å². The minimum atomic E-state index is -0.161. The number of hydrogen-bond donors (Lipinski definition) is 2. The van der Waals surface area contributed by atoms with Crippen LogP contribution < -0.4 is 11.1 Å². The van der Waals surface area contributed by atoms with E-state index >= 15 is 0 Å².